The highest BCUT2D eigenvalue weighted by Gasteiger charge is 2.52. The van der Waals surface area contributed by atoms with Gasteiger partial charge in [-0.05, 0) is 24.5 Å². The Bertz CT molecular complexity index is 711. The minimum Gasteiger partial charge on any atom is -0.341 e. The molecule has 0 N–H and O–H groups in total. The van der Waals surface area contributed by atoms with E-state index in [9.17, 15) is 4.79 Å². The summed E-state index contributed by atoms with van der Waals surface area (Å²) in [6.07, 6.45) is 6.08. The van der Waals surface area contributed by atoms with E-state index in [1.165, 1.54) is 5.56 Å². The van der Waals surface area contributed by atoms with E-state index in [-0.39, 0.29) is 17.4 Å². The number of piperidine rings is 1. The molecule has 0 aliphatic carbocycles. The van der Waals surface area contributed by atoms with Crippen LogP contribution in [0.3, 0.4) is 0 Å². The van der Waals surface area contributed by atoms with Crippen molar-refractivity contribution in [2.24, 2.45) is 0 Å². The lowest BCUT2D eigenvalue weighted by Crippen LogP contribution is -2.54. The van der Waals surface area contributed by atoms with Crippen LogP contribution in [0.15, 0.2) is 48.8 Å². The molecule has 0 unspecified atom stereocenters. The number of rotatable bonds is 2. The number of nitrogens with zero attached hydrogens (tertiary/aromatic N) is 4. The molecule has 2 aromatic rings. The maximum absolute atomic E-state index is 12.5. The van der Waals surface area contributed by atoms with Crippen LogP contribution in [0.1, 0.15) is 30.7 Å². The van der Waals surface area contributed by atoms with Gasteiger partial charge >= 0.3 is 0 Å². The Hall–Kier alpha value is -2.43. The van der Waals surface area contributed by atoms with Gasteiger partial charge in [0.25, 0.3) is 0 Å². The number of hydrogen-bond acceptors (Lipinski definition) is 4. The number of hydrogen-bond donors (Lipinski definition) is 0. The molecule has 1 amide bonds. The lowest BCUT2D eigenvalue weighted by Gasteiger charge is -2.46. The standard InChI is InChI=1S/C19H22N4O/c1-22-17(24)14-16(15-6-3-2-4-7-15)19(22)8-12-23(13-9-19)18-20-10-5-11-21-18/h2-7,10-11,16H,8-9,12-14H2,1H3/t16-/m1/s1. The average Bonchev–Trinajstić information content (AvgIpc) is 2.89. The molecule has 3 heterocycles. The fraction of sp³-hybridized carbons (Fsp3) is 0.421. The summed E-state index contributed by atoms with van der Waals surface area (Å²) in [6.45, 7) is 1.76. The van der Waals surface area contributed by atoms with Crippen LogP contribution >= 0.6 is 0 Å². The zero-order valence-electron chi connectivity index (χ0n) is 13.9. The molecule has 1 atom stereocenters. The van der Waals surface area contributed by atoms with Crippen molar-refractivity contribution in [1.29, 1.82) is 0 Å². The molecular formula is C19H22N4O. The topological polar surface area (TPSA) is 49.3 Å². The molecule has 1 aromatic carbocycles. The largest absolute Gasteiger partial charge is 0.341 e. The number of aromatic nitrogens is 2. The lowest BCUT2D eigenvalue weighted by atomic mass is 9.74. The van der Waals surface area contributed by atoms with Crippen LogP contribution in [0.2, 0.25) is 0 Å². The van der Waals surface area contributed by atoms with Crippen LogP contribution in [0.4, 0.5) is 5.95 Å². The third-order valence-corrected chi connectivity index (χ3v) is 5.74. The Morgan fingerprint density at radius 2 is 1.71 bits per heavy atom. The monoisotopic (exact) mass is 322 g/mol. The van der Waals surface area contributed by atoms with E-state index >= 15 is 0 Å². The van der Waals surface area contributed by atoms with Gasteiger partial charge < -0.3 is 9.80 Å². The van der Waals surface area contributed by atoms with E-state index in [0.29, 0.717) is 6.42 Å². The Kier molecular flexibility index (Phi) is 3.71. The van der Waals surface area contributed by atoms with Gasteiger partial charge in [-0.25, -0.2) is 9.97 Å². The number of carbonyl (C=O) groups excluding carboxylic acids is 1. The molecule has 0 saturated carbocycles. The summed E-state index contributed by atoms with van der Waals surface area (Å²) in [6, 6.07) is 12.3. The number of likely N-dealkylation sites (tertiary alicyclic amines) is 1. The first kappa shape index (κ1) is 15.1. The summed E-state index contributed by atoms with van der Waals surface area (Å²) in [7, 11) is 1.97. The van der Waals surface area contributed by atoms with Crippen molar-refractivity contribution in [2.45, 2.75) is 30.7 Å². The van der Waals surface area contributed by atoms with E-state index in [2.05, 4.69) is 39.1 Å². The molecule has 24 heavy (non-hydrogen) atoms. The zero-order chi connectivity index (χ0) is 16.6. The predicted octanol–water partition coefficient (Wildman–Crippen LogP) is 2.46. The highest BCUT2D eigenvalue weighted by Crippen LogP contribution is 2.48. The summed E-state index contributed by atoms with van der Waals surface area (Å²) >= 11 is 0. The summed E-state index contributed by atoms with van der Waals surface area (Å²) in [5.41, 5.74) is 1.20. The van der Waals surface area contributed by atoms with Crippen molar-refractivity contribution in [1.82, 2.24) is 14.9 Å². The highest BCUT2D eigenvalue weighted by molar-refractivity contribution is 5.81. The zero-order valence-corrected chi connectivity index (χ0v) is 13.9. The van der Waals surface area contributed by atoms with Crippen molar-refractivity contribution in [3.8, 4) is 0 Å². The predicted molar refractivity (Wildman–Crippen MR) is 92.8 cm³/mol. The fourth-order valence-electron chi connectivity index (χ4n) is 4.33. The van der Waals surface area contributed by atoms with E-state index in [4.69, 9.17) is 0 Å². The third kappa shape index (κ3) is 2.35. The fourth-order valence-corrected chi connectivity index (χ4v) is 4.33. The number of benzene rings is 1. The van der Waals surface area contributed by atoms with Crippen molar-refractivity contribution >= 4 is 11.9 Å². The first-order valence-corrected chi connectivity index (χ1v) is 8.54. The van der Waals surface area contributed by atoms with Gasteiger partial charge in [-0.15, -0.1) is 0 Å². The summed E-state index contributed by atoms with van der Waals surface area (Å²) in [5, 5.41) is 0. The van der Waals surface area contributed by atoms with Crippen molar-refractivity contribution in [3.05, 3.63) is 54.4 Å². The molecular weight excluding hydrogens is 300 g/mol. The molecule has 4 rings (SSSR count). The van der Waals surface area contributed by atoms with Gasteiger partial charge in [0.2, 0.25) is 11.9 Å². The first-order valence-electron chi connectivity index (χ1n) is 8.54. The molecule has 2 aliphatic heterocycles. The molecule has 5 nitrogen and oxygen atoms in total. The highest BCUT2D eigenvalue weighted by atomic mass is 16.2. The van der Waals surface area contributed by atoms with Gasteiger partial charge in [0.05, 0.1) is 5.54 Å². The molecule has 1 spiro atoms. The van der Waals surface area contributed by atoms with E-state index in [0.717, 1.165) is 31.9 Å². The quantitative estimate of drug-likeness (QED) is 0.852. The maximum Gasteiger partial charge on any atom is 0.225 e. The minimum atomic E-state index is -0.0796. The second kappa shape index (κ2) is 5.89. The van der Waals surface area contributed by atoms with Crippen molar-refractivity contribution in [3.63, 3.8) is 0 Å². The summed E-state index contributed by atoms with van der Waals surface area (Å²) in [5.74, 6) is 1.32. The van der Waals surface area contributed by atoms with Crippen LogP contribution in [0.5, 0.6) is 0 Å². The van der Waals surface area contributed by atoms with Crippen LogP contribution < -0.4 is 4.90 Å². The van der Waals surface area contributed by atoms with Crippen LogP contribution in [0.25, 0.3) is 0 Å². The second-order valence-electron chi connectivity index (χ2n) is 6.76. The van der Waals surface area contributed by atoms with Gasteiger partial charge in [0.15, 0.2) is 0 Å². The van der Waals surface area contributed by atoms with Gasteiger partial charge in [-0.3, -0.25) is 4.79 Å². The van der Waals surface area contributed by atoms with Gasteiger partial charge in [-0.2, -0.15) is 0 Å². The second-order valence-corrected chi connectivity index (χ2v) is 6.76. The number of carbonyl (C=O) groups is 1. The van der Waals surface area contributed by atoms with E-state index in [1.807, 2.05) is 24.1 Å². The van der Waals surface area contributed by atoms with Crippen molar-refractivity contribution in [2.75, 3.05) is 25.0 Å². The van der Waals surface area contributed by atoms with Gasteiger partial charge in [0.1, 0.15) is 0 Å². The Labute approximate surface area is 142 Å². The molecule has 2 aliphatic rings. The lowest BCUT2D eigenvalue weighted by molar-refractivity contribution is -0.130. The first-order chi connectivity index (χ1) is 11.7. The van der Waals surface area contributed by atoms with Gasteiger partial charge in [0, 0.05) is 44.9 Å². The molecule has 1 aromatic heterocycles. The Balaban J connectivity index is 1.60. The molecule has 124 valence electrons. The Morgan fingerprint density at radius 1 is 1.04 bits per heavy atom. The SMILES string of the molecule is CN1C(=O)C[C@H](c2ccccc2)C12CCN(c1ncccn1)CC2. The van der Waals surface area contributed by atoms with Gasteiger partial charge in [-0.1, -0.05) is 30.3 Å². The Morgan fingerprint density at radius 3 is 2.38 bits per heavy atom. The molecule has 0 bridgehead atoms. The summed E-state index contributed by atoms with van der Waals surface area (Å²) in [4.78, 5) is 25.4. The normalized spacial score (nSPS) is 23.0. The molecule has 0 radical (unpaired) electrons. The smallest absolute Gasteiger partial charge is 0.225 e. The summed E-state index contributed by atoms with van der Waals surface area (Å²) < 4.78 is 0. The average molecular weight is 322 g/mol. The van der Waals surface area contributed by atoms with Crippen LogP contribution in [-0.4, -0.2) is 46.5 Å². The molecule has 2 saturated heterocycles. The van der Waals surface area contributed by atoms with Crippen LogP contribution in [0, 0.1) is 0 Å². The van der Waals surface area contributed by atoms with Crippen LogP contribution in [-0.2, 0) is 4.79 Å². The maximum atomic E-state index is 12.5. The minimum absolute atomic E-state index is 0.0796. The third-order valence-electron chi connectivity index (χ3n) is 5.74. The molecule has 2 fully saturated rings. The molecule has 5 heteroatoms. The van der Waals surface area contributed by atoms with E-state index < -0.39 is 0 Å². The number of amides is 1. The van der Waals surface area contributed by atoms with Crippen molar-refractivity contribution < 1.29 is 4.79 Å². The van der Waals surface area contributed by atoms with E-state index in [1.54, 1.807) is 12.4 Å². The number of anilines is 1. The number of likely N-dealkylation sites (N-methyl/N-ethyl adjacent to an activating group) is 1.